The molecule has 2 fully saturated rings. The minimum atomic E-state index is -0.544. The van der Waals surface area contributed by atoms with Gasteiger partial charge in [-0.2, -0.15) is 0 Å². The van der Waals surface area contributed by atoms with E-state index in [1.165, 1.54) is 12.0 Å². The average Bonchev–Trinajstić information content (AvgIpc) is 3.01. The lowest BCUT2D eigenvalue weighted by molar-refractivity contribution is -0.145. The van der Waals surface area contributed by atoms with Crippen LogP contribution in [0.4, 0.5) is 10.5 Å². The number of ether oxygens (including phenoxy) is 1. The SMILES string of the molecule is COC(=O)[C@@H]1C[C@@H](NC(=O)c2ccccc2N2CCC(=O)NC2=O)CN1C. The Labute approximate surface area is 156 Å². The van der Waals surface area contributed by atoms with Crippen molar-refractivity contribution in [3.8, 4) is 0 Å². The van der Waals surface area contributed by atoms with E-state index in [0.29, 0.717) is 24.2 Å². The van der Waals surface area contributed by atoms with Crippen molar-refractivity contribution < 1.29 is 23.9 Å². The Morgan fingerprint density at radius 3 is 2.70 bits per heavy atom. The van der Waals surface area contributed by atoms with Gasteiger partial charge in [-0.15, -0.1) is 0 Å². The Balaban J connectivity index is 1.74. The Bertz CT molecular complexity index is 781. The lowest BCUT2D eigenvalue weighted by atomic mass is 10.1. The first-order chi connectivity index (χ1) is 12.9. The molecule has 2 atom stereocenters. The Hall–Kier alpha value is -2.94. The number of nitrogens with one attached hydrogen (secondary N) is 2. The fourth-order valence-corrected chi connectivity index (χ4v) is 3.47. The molecule has 3 rings (SSSR count). The maximum Gasteiger partial charge on any atom is 0.328 e. The molecule has 144 valence electrons. The Morgan fingerprint density at radius 2 is 2.00 bits per heavy atom. The molecule has 1 aromatic carbocycles. The molecule has 9 nitrogen and oxygen atoms in total. The smallest absolute Gasteiger partial charge is 0.328 e. The number of para-hydroxylation sites is 1. The van der Waals surface area contributed by atoms with Crippen molar-refractivity contribution in [1.82, 2.24) is 15.5 Å². The topological polar surface area (TPSA) is 108 Å². The van der Waals surface area contributed by atoms with E-state index in [2.05, 4.69) is 10.6 Å². The van der Waals surface area contributed by atoms with Crippen molar-refractivity contribution in [3.63, 3.8) is 0 Å². The van der Waals surface area contributed by atoms with Gasteiger partial charge in [0.25, 0.3) is 5.91 Å². The molecule has 0 aliphatic carbocycles. The van der Waals surface area contributed by atoms with Crippen LogP contribution in [0.15, 0.2) is 24.3 Å². The lowest BCUT2D eigenvalue weighted by Gasteiger charge is -2.28. The highest BCUT2D eigenvalue weighted by atomic mass is 16.5. The number of carbonyl (C=O) groups excluding carboxylic acids is 4. The van der Waals surface area contributed by atoms with Gasteiger partial charge in [0.1, 0.15) is 6.04 Å². The predicted molar refractivity (Wildman–Crippen MR) is 96.2 cm³/mol. The molecule has 2 aliphatic rings. The van der Waals surface area contributed by atoms with E-state index in [9.17, 15) is 19.2 Å². The third kappa shape index (κ3) is 3.92. The summed E-state index contributed by atoms with van der Waals surface area (Å²) in [6.45, 7) is 0.734. The summed E-state index contributed by atoms with van der Waals surface area (Å²) in [6, 6.07) is 5.59. The lowest BCUT2D eigenvalue weighted by Crippen LogP contribution is -2.50. The number of benzene rings is 1. The first kappa shape index (κ1) is 18.8. The second kappa shape index (κ2) is 7.75. The van der Waals surface area contributed by atoms with Crippen molar-refractivity contribution in [3.05, 3.63) is 29.8 Å². The van der Waals surface area contributed by atoms with Gasteiger partial charge in [-0.05, 0) is 25.6 Å². The number of amides is 4. The van der Waals surface area contributed by atoms with E-state index in [4.69, 9.17) is 4.74 Å². The summed E-state index contributed by atoms with van der Waals surface area (Å²) < 4.78 is 4.79. The summed E-state index contributed by atoms with van der Waals surface area (Å²) in [6.07, 6.45) is 0.631. The summed E-state index contributed by atoms with van der Waals surface area (Å²) in [4.78, 5) is 51.3. The number of imide groups is 1. The van der Waals surface area contributed by atoms with Gasteiger partial charge in [-0.3, -0.25) is 29.5 Å². The van der Waals surface area contributed by atoms with Crippen molar-refractivity contribution in [1.29, 1.82) is 0 Å². The minimum Gasteiger partial charge on any atom is -0.468 e. The molecule has 0 saturated carbocycles. The number of likely N-dealkylation sites (tertiary alicyclic amines) is 1. The van der Waals surface area contributed by atoms with Crippen molar-refractivity contribution in [2.45, 2.75) is 24.9 Å². The zero-order valence-corrected chi connectivity index (χ0v) is 15.2. The molecule has 9 heteroatoms. The highest BCUT2D eigenvalue weighted by molar-refractivity contribution is 6.09. The van der Waals surface area contributed by atoms with E-state index >= 15 is 0 Å². The van der Waals surface area contributed by atoms with Crippen molar-refractivity contribution in [2.24, 2.45) is 0 Å². The number of urea groups is 1. The van der Waals surface area contributed by atoms with Crippen LogP contribution >= 0.6 is 0 Å². The zero-order chi connectivity index (χ0) is 19.6. The molecule has 0 aromatic heterocycles. The summed E-state index contributed by atoms with van der Waals surface area (Å²) in [7, 11) is 3.14. The molecule has 0 radical (unpaired) electrons. The maximum atomic E-state index is 12.8. The first-order valence-electron chi connectivity index (χ1n) is 8.70. The van der Waals surface area contributed by atoms with Gasteiger partial charge in [0.2, 0.25) is 5.91 Å². The summed E-state index contributed by atoms with van der Waals surface area (Å²) in [5.74, 6) is -0.996. The van der Waals surface area contributed by atoms with Crippen LogP contribution in [-0.2, 0) is 14.3 Å². The van der Waals surface area contributed by atoms with E-state index in [-0.39, 0.29) is 36.8 Å². The minimum absolute atomic E-state index is 0.177. The number of hydrogen-bond acceptors (Lipinski definition) is 6. The van der Waals surface area contributed by atoms with Crippen LogP contribution in [-0.4, -0.2) is 68.0 Å². The second-order valence-corrected chi connectivity index (χ2v) is 6.66. The molecule has 4 amide bonds. The van der Waals surface area contributed by atoms with Crippen LogP contribution in [0.25, 0.3) is 0 Å². The number of carbonyl (C=O) groups is 4. The molecule has 2 N–H and O–H groups in total. The van der Waals surface area contributed by atoms with E-state index in [1.807, 2.05) is 4.90 Å². The molecule has 0 spiro atoms. The molecule has 1 aromatic rings. The van der Waals surface area contributed by atoms with Crippen LogP contribution in [0.1, 0.15) is 23.2 Å². The van der Waals surface area contributed by atoms with E-state index in [0.717, 1.165) is 0 Å². The van der Waals surface area contributed by atoms with Crippen LogP contribution in [0.3, 0.4) is 0 Å². The normalized spacial score (nSPS) is 23.1. The molecular formula is C18H22N4O5. The largest absolute Gasteiger partial charge is 0.468 e. The van der Waals surface area contributed by atoms with Crippen LogP contribution in [0.5, 0.6) is 0 Å². The zero-order valence-electron chi connectivity index (χ0n) is 15.2. The number of methoxy groups -OCH3 is 1. The summed E-state index contributed by atoms with van der Waals surface area (Å²) >= 11 is 0. The van der Waals surface area contributed by atoms with Crippen molar-refractivity contribution >= 4 is 29.5 Å². The molecule has 2 heterocycles. The number of likely N-dealkylation sites (N-methyl/N-ethyl adjacent to an activating group) is 1. The van der Waals surface area contributed by atoms with E-state index < -0.39 is 12.1 Å². The third-order valence-corrected chi connectivity index (χ3v) is 4.85. The average molecular weight is 374 g/mol. The second-order valence-electron chi connectivity index (χ2n) is 6.66. The first-order valence-corrected chi connectivity index (χ1v) is 8.70. The molecule has 27 heavy (non-hydrogen) atoms. The number of rotatable bonds is 4. The predicted octanol–water partition coefficient (Wildman–Crippen LogP) is 0.108. The summed E-state index contributed by atoms with van der Waals surface area (Å²) in [5.41, 5.74) is 0.780. The Morgan fingerprint density at radius 1 is 1.26 bits per heavy atom. The molecule has 2 saturated heterocycles. The molecular weight excluding hydrogens is 352 g/mol. The standard InChI is InChI=1S/C18H22N4O5/c1-21-10-11(9-14(21)17(25)27-2)19-16(24)12-5-3-4-6-13(12)22-8-7-15(23)20-18(22)26/h3-6,11,14H,7-10H2,1-2H3,(H,19,24)(H,20,23,26)/t11-,14+/m1/s1. The highest BCUT2D eigenvalue weighted by Gasteiger charge is 2.36. The van der Waals surface area contributed by atoms with Gasteiger partial charge in [0.15, 0.2) is 0 Å². The van der Waals surface area contributed by atoms with Gasteiger partial charge >= 0.3 is 12.0 Å². The van der Waals surface area contributed by atoms with Gasteiger partial charge in [0, 0.05) is 25.6 Å². The van der Waals surface area contributed by atoms with E-state index in [1.54, 1.807) is 31.3 Å². The summed E-state index contributed by atoms with van der Waals surface area (Å²) in [5, 5.41) is 5.18. The molecule has 2 aliphatic heterocycles. The van der Waals surface area contributed by atoms with Gasteiger partial charge < -0.3 is 10.1 Å². The van der Waals surface area contributed by atoms with Crippen LogP contribution < -0.4 is 15.5 Å². The fourth-order valence-electron chi connectivity index (χ4n) is 3.47. The monoisotopic (exact) mass is 374 g/mol. The third-order valence-electron chi connectivity index (χ3n) is 4.85. The Kier molecular flexibility index (Phi) is 5.41. The number of nitrogens with zero attached hydrogens (tertiary/aromatic N) is 2. The van der Waals surface area contributed by atoms with Crippen LogP contribution in [0, 0.1) is 0 Å². The van der Waals surface area contributed by atoms with Gasteiger partial charge in [0.05, 0.1) is 18.4 Å². The fraction of sp³-hybridized carbons (Fsp3) is 0.444. The van der Waals surface area contributed by atoms with Crippen LogP contribution in [0.2, 0.25) is 0 Å². The number of esters is 1. The quantitative estimate of drug-likeness (QED) is 0.724. The van der Waals surface area contributed by atoms with Crippen molar-refractivity contribution in [2.75, 3.05) is 32.1 Å². The number of hydrogen-bond donors (Lipinski definition) is 2. The maximum absolute atomic E-state index is 12.8. The number of anilines is 1. The highest BCUT2D eigenvalue weighted by Crippen LogP contribution is 2.24. The molecule has 0 unspecified atom stereocenters. The molecule has 0 bridgehead atoms. The van der Waals surface area contributed by atoms with Gasteiger partial charge in [-0.1, -0.05) is 12.1 Å². The van der Waals surface area contributed by atoms with Gasteiger partial charge in [-0.25, -0.2) is 4.79 Å².